The van der Waals surface area contributed by atoms with E-state index in [2.05, 4.69) is 18.9 Å². The minimum Gasteiger partial charge on any atom is -0.393 e. The normalized spacial score (nSPS) is 53.7. The molecular formula is C20H28O2. The van der Waals surface area contributed by atoms with Crippen LogP contribution in [0.4, 0.5) is 0 Å². The standard InChI is InChI=1S/C20H28O2/c1-3-20-11-8-14(21)12-13(20)4-5-15-16-6-7-18(22)19(16,2)10-9-17(15)20/h1,4,14-18,21-22H,5-12H2,2H3/t14-,15?,16?,17?,18-,19-,20-/m0/s1. The van der Waals surface area contributed by atoms with Crippen LogP contribution in [-0.4, -0.2) is 22.4 Å². The minimum atomic E-state index is -0.202. The second-order valence-electron chi connectivity index (χ2n) is 8.49. The van der Waals surface area contributed by atoms with Crippen LogP contribution in [0, 0.1) is 40.9 Å². The van der Waals surface area contributed by atoms with Crippen LogP contribution < -0.4 is 0 Å². The van der Waals surface area contributed by atoms with Gasteiger partial charge in [-0.3, -0.25) is 0 Å². The molecule has 2 heteroatoms. The first-order valence-corrected chi connectivity index (χ1v) is 9.04. The maximum Gasteiger partial charge on any atom is 0.0596 e. The molecule has 4 rings (SSSR count). The van der Waals surface area contributed by atoms with E-state index in [1.807, 2.05) is 0 Å². The van der Waals surface area contributed by atoms with Gasteiger partial charge in [-0.1, -0.05) is 24.5 Å². The van der Waals surface area contributed by atoms with Gasteiger partial charge in [-0.15, -0.1) is 6.42 Å². The summed E-state index contributed by atoms with van der Waals surface area (Å²) in [4.78, 5) is 0. The number of fused-ring (bicyclic) bond motifs is 5. The monoisotopic (exact) mass is 300 g/mol. The van der Waals surface area contributed by atoms with Crippen molar-refractivity contribution in [2.45, 2.75) is 70.5 Å². The van der Waals surface area contributed by atoms with E-state index in [9.17, 15) is 10.2 Å². The van der Waals surface area contributed by atoms with E-state index in [0.717, 1.165) is 51.4 Å². The highest BCUT2D eigenvalue weighted by molar-refractivity contribution is 5.34. The minimum absolute atomic E-state index is 0.100. The Morgan fingerprint density at radius 3 is 2.73 bits per heavy atom. The van der Waals surface area contributed by atoms with Crippen LogP contribution in [0.25, 0.3) is 0 Å². The number of rotatable bonds is 0. The van der Waals surface area contributed by atoms with Crippen molar-refractivity contribution < 1.29 is 10.2 Å². The van der Waals surface area contributed by atoms with Gasteiger partial charge in [0.15, 0.2) is 0 Å². The number of aliphatic hydroxyl groups excluding tert-OH is 2. The van der Waals surface area contributed by atoms with Crippen molar-refractivity contribution in [3.63, 3.8) is 0 Å². The van der Waals surface area contributed by atoms with Crippen molar-refractivity contribution in [2.24, 2.45) is 28.6 Å². The van der Waals surface area contributed by atoms with Crippen LogP contribution in [0.2, 0.25) is 0 Å². The lowest BCUT2D eigenvalue weighted by molar-refractivity contribution is -0.0622. The summed E-state index contributed by atoms with van der Waals surface area (Å²) in [5.41, 5.74) is 1.35. The summed E-state index contributed by atoms with van der Waals surface area (Å²) in [6.07, 6.45) is 16.2. The molecule has 0 amide bonds. The highest BCUT2D eigenvalue weighted by Gasteiger charge is 2.59. The number of aliphatic hydroxyl groups is 2. The Kier molecular flexibility index (Phi) is 3.26. The third kappa shape index (κ3) is 1.76. The molecule has 120 valence electrons. The molecule has 2 nitrogen and oxygen atoms in total. The molecule has 0 spiro atoms. The smallest absolute Gasteiger partial charge is 0.0596 e. The van der Waals surface area contributed by atoms with Gasteiger partial charge in [0.25, 0.3) is 0 Å². The second-order valence-corrected chi connectivity index (χ2v) is 8.49. The van der Waals surface area contributed by atoms with Crippen LogP contribution >= 0.6 is 0 Å². The van der Waals surface area contributed by atoms with Gasteiger partial charge in [0.2, 0.25) is 0 Å². The Morgan fingerprint density at radius 1 is 1.14 bits per heavy atom. The first-order valence-electron chi connectivity index (χ1n) is 9.04. The van der Waals surface area contributed by atoms with Gasteiger partial charge in [-0.2, -0.15) is 0 Å². The van der Waals surface area contributed by atoms with Gasteiger partial charge >= 0.3 is 0 Å². The van der Waals surface area contributed by atoms with Crippen LogP contribution in [0.15, 0.2) is 11.6 Å². The molecule has 7 atom stereocenters. The Balaban J connectivity index is 1.72. The molecule has 0 heterocycles. The topological polar surface area (TPSA) is 40.5 Å². The Hall–Kier alpha value is -0.780. The van der Waals surface area contributed by atoms with Gasteiger partial charge in [0, 0.05) is 0 Å². The van der Waals surface area contributed by atoms with E-state index in [0.29, 0.717) is 17.8 Å². The van der Waals surface area contributed by atoms with Crippen molar-refractivity contribution in [2.75, 3.05) is 0 Å². The first kappa shape index (κ1) is 14.8. The zero-order valence-corrected chi connectivity index (χ0v) is 13.6. The van der Waals surface area contributed by atoms with Crippen LogP contribution in [0.3, 0.4) is 0 Å². The van der Waals surface area contributed by atoms with Gasteiger partial charge in [-0.05, 0) is 74.5 Å². The van der Waals surface area contributed by atoms with E-state index >= 15 is 0 Å². The SMILES string of the molecule is C#C[C@]12CC[C@H](O)CC1=CCC1C2CC[C@@]2(C)C1CC[C@@H]2O. The molecule has 3 fully saturated rings. The zero-order chi connectivity index (χ0) is 15.5. The maximum atomic E-state index is 10.5. The van der Waals surface area contributed by atoms with Crippen molar-refractivity contribution in [3.8, 4) is 12.3 Å². The van der Waals surface area contributed by atoms with E-state index < -0.39 is 0 Å². The first-order chi connectivity index (χ1) is 10.5. The van der Waals surface area contributed by atoms with Crippen LogP contribution in [0.5, 0.6) is 0 Å². The van der Waals surface area contributed by atoms with Crippen LogP contribution in [-0.2, 0) is 0 Å². The highest BCUT2D eigenvalue weighted by atomic mass is 16.3. The lowest BCUT2D eigenvalue weighted by atomic mass is 9.47. The molecule has 0 aromatic carbocycles. The largest absolute Gasteiger partial charge is 0.393 e. The lowest BCUT2D eigenvalue weighted by Gasteiger charge is -2.56. The zero-order valence-electron chi connectivity index (χ0n) is 13.6. The molecule has 3 unspecified atom stereocenters. The Morgan fingerprint density at radius 2 is 1.95 bits per heavy atom. The Labute approximate surface area is 134 Å². The maximum absolute atomic E-state index is 10.5. The molecule has 4 aliphatic carbocycles. The molecule has 4 aliphatic rings. The molecule has 2 N–H and O–H groups in total. The number of terminal acetylenes is 1. The predicted octanol–water partition coefficient (Wildman–Crippen LogP) is 3.28. The van der Waals surface area contributed by atoms with E-state index in [-0.39, 0.29) is 23.0 Å². The molecule has 0 aromatic heterocycles. The van der Waals surface area contributed by atoms with E-state index in [1.54, 1.807) is 0 Å². The molecular weight excluding hydrogens is 272 g/mol. The van der Waals surface area contributed by atoms with Crippen molar-refractivity contribution in [3.05, 3.63) is 11.6 Å². The molecule has 0 aliphatic heterocycles. The fraction of sp³-hybridized carbons (Fsp3) is 0.800. The fourth-order valence-corrected chi connectivity index (χ4v) is 6.53. The average molecular weight is 300 g/mol. The van der Waals surface area contributed by atoms with Gasteiger partial charge in [0.05, 0.1) is 17.6 Å². The summed E-state index contributed by atoms with van der Waals surface area (Å²) >= 11 is 0. The van der Waals surface area contributed by atoms with E-state index in [4.69, 9.17) is 6.42 Å². The summed E-state index contributed by atoms with van der Waals surface area (Å²) < 4.78 is 0. The molecule has 3 saturated carbocycles. The highest BCUT2D eigenvalue weighted by Crippen LogP contribution is 2.64. The quantitative estimate of drug-likeness (QED) is 0.532. The molecule has 0 aromatic rings. The van der Waals surface area contributed by atoms with Gasteiger partial charge < -0.3 is 10.2 Å². The molecule has 0 saturated heterocycles. The molecule has 0 bridgehead atoms. The second kappa shape index (κ2) is 4.86. The number of hydrogen-bond donors (Lipinski definition) is 2. The lowest BCUT2D eigenvalue weighted by Crippen LogP contribution is -2.51. The summed E-state index contributed by atoms with van der Waals surface area (Å²) in [6.45, 7) is 2.30. The fourth-order valence-electron chi connectivity index (χ4n) is 6.53. The third-order valence-corrected chi connectivity index (χ3v) is 7.81. The van der Waals surface area contributed by atoms with Crippen molar-refractivity contribution in [1.82, 2.24) is 0 Å². The summed E-state index contributed by atoms with van der Waals surface area (Å²) in [6, 6.07) is 0. The van der Waals surface area contributed by atoms with Gasteiger partial charge in [-0.25, -0.2) is 0 Å². The van der Waals surface area contributed by atoms with Gasteiger partial charge in [0.1, 0.15) is 0 Å². The number of hydrogen-bond acceptors (Lipinski definition) is 2. The number of allylic oxidation sites excluding steroid dienone is 1. The van der Waals surface area contributed by atoms with Crippen molar-refractivity contribution in [1.29, 1.82) is 0 Å². The van der Waals surface area contributed by atoms with E-state index in [1.165, 1.54) is 5.57 Å². The summed E-state index contributed by atoms with van der Waals surface area (Å²) in [5, 5.41) is 20.5. The summed E-state index contributed by atoms with van der Waals surface area (Å²) in [5.74, 6) is 5.02. The molecule has 0 radical (unpaired) electrons. The summed E-state index contributed by atoms with van der Waals surface area (Å²) in [7, 11) is 0. The van der Waals surface area contributed by atoms with Crippen LogP contribution in [0.1, 0.15) is 58.3 Å². The van der Waals surface area contributed by atoms with Crippen molar-refractivity contribution >= 4 is 0 Å². The predicted molar refractivity (Wildman–Crippen MR) is 86.9 cm³/mol. The molecule has 22 heavy (non-hydrogen) atoms. The average Bonchev–Trinajstić information content (AvgIpc) is 2.82. The third-order valence-electron chi connectivity index (χ3n) is 7.81. The Bertz CT molecular complexity index is 544.